The van der Waals surface area contributed by atoms with Gasteiger partial charge in [-0.1, -0.05) is 39.7 Å². The number of phenols is 1. The summed E-state index contributed by atoms with van der Waals surface area (Å²) in [7, 11) is 0. The molecular formula is C29H47N3O5. The van der Waals surface area contributed by atoms with E-state index >= 15 is 0 Å². The molecule has 0 aliphatic heterocycles. The maximum Gasteiger partial charge on any atom is 0.408 e. The number of nitrogens with one attached hydrogen (secondary N) is 2. The van der Waals surface area contributed by atoms with Gasteiger partial charge in [-0.25, -0.2) is 4.79 Å². The first-order valence-corrected chi connectivity index (χ1v) is 13.7. The Bertz CT molecular complexity index is 921. The second-order valence-electron chi connectivity index (χ2n) is 11.6. The summed E-state index contributed by atoms with van der Waals surface area (Å²) in [6.45, 7) is 13.7. The van der Waals surface area contributed by atoms with Crippen molar-refractivity contribution in [3.63, 3.8) is 0 Å². The molecule has 0 bridgehead atoms. The first kappa shape index (κ1) is 30.5. The first-order chi connectivity index (χ1) is 17.3. The number of nitrogens with zero attached hydrogens (tertiary/aromatic N) is 1. The van der Waals surface area contributed by atoms with Crippen LogP contribution in [-0.4, -0.2) is 52.1 Å². The number of hydrogen-bond acceptors (Lipinski definition) is 5. The number of aryl methyl sites for hydroxylation is 1. The number of carbonyl (C=O) groups is 3. The Labute approximate surface area is 222 Å². The molecule has 1 saturated carbocycles. The lowest BCUT2D eigenvalue weighted by Crippen LogP contribution is -2.57. The number of hydrogen-bond donors (Lipinski definition) is 3. The van der Waals surface area contributed by atoms with E-state index in [0.717, 1.165) is 38.5 Å². The molecule has 208 valence electrons. The molecule has 1 aliphatic carbocycles. The summed E-state index contributed by atoms with van der Waals surface area (Å²) in [6, 6.07) is 3.23. The third-order valence-corrected chi connectivity index (χ3v) is 6.56. The molecule has 1 fully saturated rings. The average molecular weight is 518 g/mol. The first-order valence-electron chi connectivity index (χ1n) is 13.7. The van der Waals surface area contributed by atoms with Crippen molar-refractivity contribution in [1.82, 2.24) is 15.5 Å². The van der Waals surface area contributed by atoms with E-state index in [4.69, 9.17) is 4.74 Å². The minimum Gasteiger partial charge on any atom is -0.508 e. The SMILES string of the molecule is CCCCCNC(=O)C(c1ccc(O)c(C)c1)N(C(=O)C(CC(C)C)NC(=O)OC(C)(C)C)C1CCC1. The van der Waals surface area contributed by atoms with Gasteiger partial charge in [0.1, 0.15) is 23.4 Å². The molecule has 2 unspecified atom stereocenters. The molecule has 8 heteroatoms. The number of carbonyl (C=O) groups excluding carboxylic acids is 3. The van der Waals surface area contributed by atoms with Crippen LogP contribution in [0.25, 0.3) is 0 Å². The number of phenolic OH excluding ortho intramolecular Hbond substituents is 1. The van der Waals surface area contributed by atoms with E-state index in [-0.39, 0.29) is 29.5 Å². The van der Waals surface area contributed by atoms with Crippen LogP contribution in [0.5, 0.6) is 5.75 Å². The van der Waals surface area contributed by atoms with E-state index in [1.54, 1.807) is 50.8 Å². The number of alkyl carbamates (subject to hydrolysis) is 1. The normalized spacial score (nSPS) is 15.5. The Morgan fingerprint density at radius 3 is 2.35 bits per heavy atom. The van der Waals surface area contributed by atoms with Gasteiger partial charge in [-0.15, -0.1) is 0 Å². The maximum absolute atomic E-state index is 14.2. The van der Waals surface area contributed by atoms with Gasteiger partial charge in [-0.2, -0.15) is 0 Å². The van der Waals surface area contributed by atoms with Gasteiger partial charge in [0.05, 0.1) is 0 Å². The van der Waals surface area contributed by atoms with Gasteiger partial charge < -0.3 is 25.4 Å². The smallest absolute Gasteiger partial charge is 0.408 e. The summed E-state index contributed by atoms with van der Waals surface area (Å²) in [5.41, 5.74) is 0.574. The van der Waals surface area contributed by atoms with Crippen molar-refractivity contribution < 1.29 is 24.2 Å². The van der Waals surface area contributed by atoms with Gasteiger partial charge >= 0.3 is 6.09 Å². The fourth-order valence-electron chi connectivity index (χ4n) is 4.48. The molecule has 0 spiro atoms. The Hall–Kier alpha value is -2.77. The molecule has 1 aromatic carbocycles. The summed E-state index contributed by atoms with van der Waals surface area (Å²) in [6.07, 6.45) is 5.23. The van der Waals surface area contributed by atoms with Crippen LogP contribution < -0.4 is 10.6 Å². The van der Waals surface area contributed by atoms with Crippen LogP contribution in [0.2, 0.25) is 0 Å². The fraction of sp³-hybridized carbons (Fsp3) is 0.690. The van der Waals surface area contributed by atoms with Crippen molar-refractivity contribution in [1.29, 1.82) is 0 Å². The van der Waals surface area contributed by atoms with Gasteiger partial charge in [-0.3, -0.25) is 9.59 Å². The number of ether oxygens (including phenoxy) is 1. The monoisotopic (exact) mass is 517 g/mol. The van der Waals surface area contributed by atoms with Crippen LogP contribution in [0, 0.1) is 12.8 Å². The number of aromatic hydroxyl groups is 1. The van der Waals surface area contributed by atoms with Crippen molar-refractivity contribution in [3.05, 3.63) is 29.3 Å². The lowest BCUT2D eigenvalue weighted by molar-refractivity contribution is -0.147. The standard InChI is InChI=1S/C29H47N3O5/c1-8-9-10-16-30-26(34)25(21-14-15-24(33)20(4)18-21)32(22-12-11-13-22)27(35)23(17-19(2)3)31-28(36)37-29(5,6)7/h14-15,18-19,22-23,25,33H,8-13,16-17H2,1-7H3,(H,30,34)(H,31,36). The van der Waals surface area contributed by atoms with Gasteiger partial charge in [0.15, 0.2) is 0 Å². The van der Waals surface area contributed by atoms with Crippen molar-refractivity contribution in [2.24, 2.45) is 5.92 Å². The predicted molar refractivity (Wildman–Crippen MR) is 145 cm³/mol. The van der Waals surface area contributed by atoms with Gasteiger partial charge in [0.2, 0.25) is 11.8 Å². The van der Waals surface area contributed by atoms with E-state index in [2.05, 4.69) is 17.6 Å². The van der Waals surface area contributed by atoms with Gasteiger partial charge in [0, 0.05) is 12.6 Å². The summed E-state index contributed by atoms with van der Waals surface area (Å²) >= 11 is 0. The van der Waals surface area contributed by atoms with Crippen LogP contribution in [-0.2, 0) is 14.3 Å². The third-order valence-electron chi connectivity index (χ3n) is 6.56. The molecule has 0 heterocycles. The molecule has 1 aromatic rings. The van der Waals surface area contributed by atoms with Crippen LogP contribution in [0.15, 0.2) is 18.2 Å². The topological polar surface area (TPSA) is 108 Å². The molecular weight excluding hydrogens is 470 g/mol. The predicted octanol–water partition coefficient (Wildman–Crippen LogP) is 5.37. The average Bonchev–Trinajstić information content (AvgIpc) is 2.75. The Morgan fingerprint density at radius 1 is 1.16 bits per heavy atom. The zero-order valence-electron chi connectivity index (χ0n) is 23.7. The van der Waals surface area contributed by atoms with Crippen molar-refractivity contribution in [2.75, 3.05) is 6.54 Å². The van der Waals surface area contributed by atoms with Crippen LogP contribution in [0.4, 0.5) is 4.79 Å². The zero-order valence-corrected chi connectivity index (χ0v) is 23.7. The van der Waals surface area contributed by atoms with Crippen LogP contribution in [0.3, 0.4) is 0 Å². The minimum atomic E-state index is -0.867. The Morgan fingerprint density at radius 2 is 1.84 bits per heavy atom. The van der Waals surface area contributed by atoms with E-state index in [0.29, 0.717) is 24.1 Å². The van der Waals surface area contributed by atoms with E-state index in [1.165, 1.54) is 0 Å². The van der Waals surface area contributed by atoms with E-state index < -0.39 is 23.8 Å². The van der Waals surface area contributed by atoms with Gasteiger partial charge in [-0.05, 0) is 89.0 Å². The van der Waals surface area contributed by atoms with Crippen LogP contribution >= 0.6 is 0 Å². The second kappa shape index (κ2) is 13.7. The molecule has 1 aliphatic rings. The maximum atomic E-state index is 14.2. The Kier molecular flexibility index (Phi) is 11.3. The summed E-state index contributed by atoms with van der Waals surface area (Å²) in [4.78, 5) is 42.2. The molecule has 8 nitrogen and oxygen atoms in total. The molecule has 0 radical (unpaired) electrons. The molecule has 3 amide bonds. The fourth-order valence-corrected chi connectivity index (χ4v) is 4.48. The molecule has 0 aromatic heterocycles. The summed E-state index contributed by atoms with van der Waals surface area (Å²) in [5, 5.41) is 15.9. The molecule has 2 atom stereocenters. The van der Waals surface area contributed by atoms with E-state index in [9.17, 15) is 19.5 Å². The Balaban J connectivity index is 2.46. The lowest BCUT2D eigenvalue weighted by atomic mass is 9.87. The zero-order chi connectivity index (χ0) is 27.8. The largest absolute Gasteiger partial charge is 0.508 e. The minimum absolute atomic E-state index is 0.108. The lowest BCUT2D eigenvalue weighted by Gasteiger charge is -2.44. The highest BCUT2D eigenvalue weighted by molar-refractivity contribution is 5.92. The third kappa shape index (κ3) is 9.24. The highest BCUT2D eigenvalue weighted by Crippen LogP contribution is 2.35. The second-order valence-corrected chi connectivity index (χ2v) is 11.6. The number of amides is 3. The number of unbranched alkanes of at least 4 members (excludes halogenated alkanes) is 2. The van der Waals surface area contributed by atoms with E-state index in [1.807, 2.05) is 13.8 Å². The highest BCUT2D eigenvalue weighted by Gasteiger charge is 2.42. The quantitative estimate of drug-likeness (QED) is 0.323. The van der Waals surface area contributed by atoms with Crippen molar-refractivity contribution >= 4 is 17.9 Å². The molecule has 3 N–H and O–H groups in total. The summed E-state index contributed by atoms with van der Waals surface area (Å²) < 4.78 is 5.45. The number of rotatable bonds is 12. The van der Waals surface area contributed by atoms with Crippen molar-refractivity contribution in [3.8, 4) is 5.75 Å². The van der Waals surface area contributed by atoms with Gasteiger partial charge in [0.25, 0.3) is 0 Å². The molecule has 0 saturated heterocycles. The number of benzene rings is 1. The van der Waals surface area contributed by atoms with Crippen LogP contribution in [0.1, 0.15) is 104 Å². The molecule has 2 rings (SSSR count). The highest BCUT2D eigenvalue weighted by atomic mass is 16.6. The molecule has 37 heavy (non-hydrogen) atoms. The van der Waals surface area contributed by atoms with Crippen molar-refractivity contribution in [2.45, 2.75) is 117 Å². The summed E-state index contributed by atoms with van der Waals surface area (Å²) in [5.74, 6) is -0.272.